The average Bonchev–Trinajstić information content (AvgIpc) is 2.39. The number of carboxylic acids is 1. The molecule has 5 nitrogen and oxygen atoms in total. The number of alkyl halides is 2. The smallest absolute Gasteiger partial charge is 0.321 e. The van der Waals surface area contributed by atoms with Crippen LogP contribution < -0.4 is 5.73 Å². The van der Waals surface area contributed by atoms with E-state index >= 15 is 0 Å². The van der Waals surface area contributed by atoms with Crippen LogP contribution in [0, 0.1) is 0 Å². The standard InChI is InChI=1S/C9H14F2N2O3/c1-5-3-9(10,11)4-13(5)7(14)2-6(12)8(15)16/h5-6H,2-4,12H2,1H3,(H,15,16)/t5?,6-/m0/s1. The topological polar surface area (TPSA) is 83.6 Å². The van der Waals surface area contributed by atoms with Crippen LogP contribution in [0.5, 0.6) is 0 Å². The Morgan fingerprint density at radius 2 is 2.19 bits per heavy atom. The minimum absolute atomic E-state index is 0.388. The summed E-state index contributed by atoms with van der Waals surface area (Å²) < 4.78 is 25.9. The van der Waals surface area contributed by atoms with Gasteiger partial charge >= 0.3 is 5.97 Å². The van der Waals surface area contributed by atoms with E-state index in [4.69, 9.17) is 10.8 Å². The number of nitrogens with zero attached hydrogens (tertiary/aromatic N) is 1. The van der Waals surface area contributed by atoms with Crippen molar-refractivity contribution < 1.29 is 23.5 Å². The number of rotatable bonds is 3. The van der Waals surface area contributed by atoms with Crippen LogP contribution in [-0.2, 0) is 9.59 Å². The van der Waals surface area contributed by atoms with Crippen LogP contribution in [0.2, 0.25) is 0 Å². The Balaban J connectivity index is 2.59. The summed E-state index contributed by atoms with van der Waals surface area (Å²) in [6.45, 7) is 0.852. The van der Waals surface area contributed by atoms with Gasteiger partial charge in [-0.05, 0) is 6.92 Å². The van der Waals surface area contributed by atoms with Gasteiger partial charge in [0.1, 0.15) is 6.04 Å². The molecule has 2 atom stereocenters. The largest absolute Gasteiger partial charge is 0.480 e. The van der Waals surface area contributed by atoms with Crippen LogP contribution in [-0.4, -0.2) is 46.4 Å². The fourth-order valence-corrected chi connectivity index (χ4v) is 1.74. The quantitative estimate of drug-likeness (QED) is 0.725. The molecular formula is C9H14F2N2O3. The van der Waals surface area contributed by atoms with E-state index in [2.05, 4.69) is 0 Å². The van der Waals surface area contributed by atoms with E-state index in [1.54, 1.807) is 0 Å². The zero-order chi connectivity index (χ0) is 12.5. The zero-order valence-corrected chi connectivity index (χ0v) is 8.82. The minimum Gasteiger partial charge on any atom is -0.480 e. The van der Waals surface area contributed by atoms with Gasteiger partial charge in [-0.3, -0.25) is 9.59 Å². The fraction of sp³-hybridized carbons (Fsp3) is 0.778. The molecule has 1 saturated heterocycles. The first kappa shape index (κ1) is 12.8. The molecule has 0 aromatic rings. The number of hydrogen-bond donors (Lipinski definition) is 2. The maximum absolute atomic E-state index is 13.0. The first-order valence-corrected chi connectivity index (χ1v) is 4.88. The third-order valence-electron chi connectivity index (χ3n) is 2.56. The van der Waals surface area contributed by atoms with Gasteiger partial charge in [-0.25, -0.2) is 8.78 Å². The number of halogens is 2. The monoisotopic (exact) mass is 236 g/mol. The second-order valence-electron chi connectivity index (χ2n) is 4.08. The molecule has 1 aliphatic rings. The highest BCUT2D eigenvalue weighted by Crippen LogP contribution is 2.32. The molecular weight excluding hydrogens is 222 g/mol. The second kappa shape index (κ2) is 4.32. The van der Waals surface area contributed by atoms with Crippen molar-refractivity contribution in [1.29, 1.82) is 0 Å². The summed E-state index contributed by atoms with van der Waals surface area (Å²) >= 11 is 0. The third kappa shape index (κ3) is 2.88. The molecule has 0 saturated carbocycles. The molecule has 0 aliphatic carbocycles. The van der Waals surface area contributed by atoms with E-state index in [1.165, 1.54) is 6.92 Å². The van der Waals surface area contributed by atoms with Crippen molar-refractivity contribution in [3.63, 3.8) is 0 Å². The molecule has 1 rings (SSSR count). The third-order valence-corrected chi connectivity index (χ3v) is 2.56. The van der Waals surface area contributed by atoms with Gasteiger partial charge < -0.3 is 15.7 Å². The van der Waals surface area contributed by atoms with E-state index in [0.717, 1.165) is 4.90 Å². The van der Waals surface area contributed by atoms with Crippen LogP contribution in [0.4, 0.5) is 8.78 Å². The highest BCUT2D eigenvalue weighted by Gasteiger charge is 2.45. The fourth-order valence-electron chi connectivity index (χ4n) is 1.74. The molecule has 1 heterocycles. The number of nitrogens with two attached hydrogens (primary N) is 1. The van der Waals surface area contributed by atoms with Crippen molar-refractivity contribution in [2.24, 2.45) is 5.73 Å². The van der Waals surface area contributed by atoms with Gasteiger partial charge in [-0.2, -0.15) is 0 Å². The predicted molar refractivity (Wildman–Crippen MR) is 51.0 cm³/mol. The maximum atomic E-state index is 13.0. The molecule has 1 unspecified atom stereocenters. The highest BCUT2D eigenvalue weighted by atomic mass is 19.3. The van der Waals surface area contributed by atoms with E-state index in [-0.39, 0.29) is 6.42 Å². The molecule has 0 radical (unpaired) electrons. The lowest BCUT2D eigenvalue weighted by Crippen LogP contribution is -2.41. The molecule has 92 valence electrons. The lowest BCUT2D eigenvalue weighted by molar-refractivity contribution is -0.143. The van der Waals surface area contributed by atoms with Gasteiger partial charge in [0, 0.05) is 12.5 Å². The first-order chi connectivity index (χ1) is 7.23. The van der Waals surface area contributed by atoms with Crippen LogP contribution in [0.15, 0.2) is 0 Å². The average molecular weight is 236 g/mol. The minimum atomic E-state index is -2.89. The summed E-state index contributed by atoms with van der Waals surface area (Å²) in [5.41, 5.74) is 5.16. The van der Waals surface area contributed by atoms with Crippen molar-refractivity contribution in [1.82, 2.24) is 4.90 Å². The molecule has 0 spiro atoms. The van der Waals surface area contributed by atoms with E-state index < -0.39 is 42.8 Å². The van der Waals surface area contributed by atoms with Crippen LogP contribution in [0.25, 0.3) is 0 Å². The highest BCUT2D eigenvalue weighted by molar-refractivity contribution is 5.84. The van der Waals surface area contributed by atoms with Gasteiger partial charge in [0.15, 0.2) is 0 Å². The van der Waals surface area contributed by atoms with Crippen molar-refractivity contribution in [3.05, 3.63) is 0 Å². The van der Waals surface area contributed by atoms with E-state index in [9.17, 15) is 18.4 Å². The van der Waals surface area contributed by atoms with Gasteiger partial charge in [0.05, 0.1) is 13.0 Å². The SMILES string of the molecule is CC1CC(F)(F)CN1C(=O)C[C@H](N)C(=O)O. The number of hydrogen-bond acceptors (Lipinski definition) is 3. The molecule has 1 aliphatic heterocycles. The van der Waals surface area contributed by atoms with E-state index in [0.29, 0.717) is 0 Å². The first-order valence-electron chi connectivity index (χ1n) is 4.88. The van der Waals surface area contributed by atoms with Gasteiger partial charge in [-0.1, -0.05) is 0 Å². The Kier molecular flexibility index (Phi) is 3.47. The Hall–Kier alpha value is -1.24. The molecule has 3 N–H and O–H groups in total. The van der Waals surface area contributed by atoms with Crippen LogP contribution >= 0.6 is 0 Å². The molecule has 1 fully saturated rings. The van der Waals surface area contributed by atoms with Crippen molar-refractivity contribution >= 4 is 11.9 Å². The molecule has 7 heteroatoms. The number of likely N-dealkylation sites (tertiary alicyclic amines) is 1. The summed E-state index contributed by atoms with van der Waals surface area (Å²) in [4.78, 5) is 22.9. The van der Waals surface area contributed by atoms with Gasteiger partial charge in [0.25, 0.3) is 5.92 Å². The molecule has 0 bridgehead atoms. The van der Waals surface area contributed by atoms with Gasteiger partial charge in [0.2, 0.25) is 5.91 Å². The van der Waals surface area contributed by atoms with Crippen LogP contribution in [0.3, 0.4) is 0 Å². The summed E-state index contributed by atoms with van der Waals surface area (Å²) in [7, 11) is 0. The maximum Gasteiger partial charge on any atom is 0.321 e. The molecule has 16 heavy (non-hydrogen) atoms. The Labute approximate surface area is 91.2 Å². The second-order valence-corrected chi connectivity index (χ2v) is 4.08. The lowest BCUT2D eigenvalue weighted by Gasteiger charge is -2.21. The van der Waals surface area contributed by atoms with Gasteiger partial charge in [-0.15, -0.1) is 0 Å². The number of carbonyl (C=O) groups is 2. The predicted octanol–water partition coefficient (Wildman–Crippen LogP) is 0.0445. The number of amides is 1. The van der Waals surface area contributed by atoms with E-state index in [1.807, 2.05) is 0 Å². The zero-order valence-electron chi connectivity index (χ0n) is 8.82. The van der Waals surface area contributed by atoms with Crippen molar-refractivity contribution in [2.75, 3.05) is 6.54 Å². The Morgan fingerprint density at radius 1 is 1.62 bits per heavy atom. The van der Waals surface area contributed by atoms with Crippen molar-refractivity contribution in [2.45, 2.75) is 37.8 Å². The molecule has 0 aromatic carbocycles. The summed E-state index contributed by atoms with van der Waals surface area (Å²) in [6, 6.07) is -1.92. The molecule has 1 amide bonds. The summed E-state index contributed by atoms with van der Waals surface area (Å²) in [6.07, 6.45) is -0.837. The number of carbonyl (C=O) groups excluding carboxylic acids is 1. The normalized spacial score (nSPS) is 25.5. The van der Waals surface area contributed by atoms with Crippen LogP contribution in [0.1, 0.15) is 19.8 Å². The van der Waals surface area contributed by atoms with Crippen molar-refractivity contribution in [3.8, 4) is 0 Å². The summed E-state index contributed by atoms with van der Waals surface area (Å²) in [5, 5.41) is 8.50. The Morgan fingerprint density at radius 3 is 2.56 bits per heavy atom. The lowest BCUT2D eigenvalue weighted by atomic mass is 10.2. The Bertz CT molecular complexity index is 309. The summed E-state index contributed by atoms with van der Waals surface area (Å²) in [5.74, 6) is -4.84. The number of carboxylic acid groups (broad SMARTS) is 1. The number of aliphatic carboxylic acids is 1. The molecule has 0 aromatic heterocycles.